The zero-order valence-corrected chi connectivity index (χ0v) is 17.2. The highest BCUT2D eigenvalue weighted by Crippen LogP contribution is 2.26. The maximum Gasteiger partial charge on any atom is 0.264 e. The highest BCUT2D eigenvalue weighted by molar-refractivity contribution is 9.10. The number of rotatable bonds is 6. The summed E-state index contributed by atoms with van der Waals surface area (Å²) >= 11 is 3.41. The molecule has 27 heavy (non-hydrogen) atoms. The number of nitrogens with zero attached hydrogens (tertiary/aromatic N) is 1. The van der Waals surface area contributed by atoms with Gasteiger partial charge in [0.1, 0.15) is 0 Å². The summed E-state index contributed by atoms with van der Waals surface area (Å²) in [6.45, 7) is 0.0677. The highest BCUT2D eigenvalue weighted by atomic mass is 79.9. The van der Waals surface area contributed by atoms with Crippen LogP contribution >= 0.6 is 15.9 Å². The third kappa shape index (κ3) is 4.40. The summed E-state index contributed by atoms with van der Waals surface area (Å²) in [6, 6.07) is 21.9. The Balaban J connectivity index is 1.84. The average molecular weight is 446 g/mol. The van der Waals surface area contributed by atoms with Gasteiger partial charge >= 0.3 is 0 Å². The Morgan fingerprint density at radius 1 is 0.852 bits per heavy atom. The van der Waals surface area contributed by atoms with Gasteiger partial charge in [-0.15, -0.1) is 0 Å². The van der Waals surface area contributed by atoms with E-state index < -0.39 is 10.0 Å². The first-order chi connectivity index (χ1) is 12.9. The normalized spacial score (nSPS) is 11.4. The smallest absolute Gasteiger partial charge is 0.264 e. The Morgan fingerprint density at radius 2 is 1.37 bits per heavy atom. The van der Waals surface area contributed by atoms with Gasteiger partial charge in [0.05, 0.1) is 10.6 Å². The van der Waals surface area contributed by atoms with Gasteiger partial charge < -0.3 is 5.11 Å². The second kappa shape index (κ2) is 8.25. The van der Waals surface area contributed by atoms with Crippen molar-refractivity contribution in [3.05, 3.63) is 82.8 Å². The van der Waals surface area contributed by atoms with Crippen LogP contribution in [0.15, 0.2) is 82.2 Å². The lowest BCUT2D eigenvalue weighted by Crippen LogP contribution is -2.26. The predicted molar refractivity (Wildman–Crippen MR) is 112 cm³/mol. The standard InChI is InChI=1S/C21H20BrNO3S/c1-23(20-10-2-16(3-11-20)14-15-24)27(25,26)21-12-6-18(7-13-21)17-4-8-19(22)9-5-17/h2-13,24H,14-15H2,1H3. The van der Waals surface area contributed by atoms with E-state index in [0.29, 0.717) is 12.1 Å². The summed E-state index contributed by atoms with van der Waals surface area (Å²) in [5.41, 5.74) is 3.52. The molecule has 0 radical (unpaired) electrons. The summed E-state index contributed by atoms with van der Waals surface area (Å²) in [4.78, 5) is 0.241. The van der Waals surface area contributed by atoms with E-state index in [1.54, 1.807) is 31.3 Å². The molecule has 1 N–H and O–H groups in total. The lowest BCUT2D eigenvalue weighted by Gasteiger charge is -2.20. The van der Waals surface area contributed by atoms with Crippen molar-refractivity contribution in [2.75, 3.05) is 18.0 Å². The van der Waals surface area contributed by atoms with Crippen molar-refractivity contribution in [3.8, 4) is 11.1 Å². The lowest BCUT2D eigenvalue weighted by molar-refractivity contribution is 0.299. The van der Waals surface area contributed by atoms with Crippen LogP contribution < -0.4 is 4.31 Å². The number of hydrogen-bond donors (Lipinski definition) is 1. The molecule has 0 fully saturated rings. The molecular formula is C21H20BrNO3S. The number of aliphatic hydroxyl groups excluding tert-OH is 1. The molecule has 3 rings (SSSR count). The number of aliphatic hydroxyl groups is 1. The minimum absolute atomic E-state index is 0.0677. The molecule has 3 aromatic rings. The summed E-state index contributed by atoms with van der Waals surface area (Å²) in [6.07, 6.45) is 0.550. The number of halogens is 1. The van der Waals surface area contributed by atoms with Crippen LogP contribution in [0.3, 0.4) is 0 Å². The third-order valence-electron chi connectivity index (χ3n) is 4.39. The van der Waals surface area contributed by atoms with Gasteiger partial charge in [-0.2, -0.15) is 0 Å². The Bertz CT molecular complexity index is 999. The van der Waals surface area contributed by atoms with E-state index in [1.807, 2.05) is 48.5 Å². The fraction of sp³-hybridized carbons (Fsp3) is 0.143. The quantitative estimate of drug-likeness (QED) is 0.608. The van der Waals surface area contributed by atoms with E-state index in [4.69, 9.17) is 5.11 Å². The van der Waals surface area contributed by atoms with E-state index in [9.17, 15) is 8.42 Å². The molecule has 3 aromatic carbocycles. The fourth-order valence-electron chi connectivity index (χ4n) is 2.76. The third-order valence-corrected chi connectivity index (χ3v) is 6.72. The SMILES string of the molecule is CN(c1ccc(CCO)cc1)S(=O)(=O)c1ccc(-c2ccc(Br)cc2)cc1. The number of sulfonamides is 1. The topological polar surface area (TPSA) is 57.6 Å². The Morgan fingerprint density at radius 3 is 1.89 bits per heavy atom. The van der Waals surface area contributed by atoms with Gasteiger partial charge in [-0.3, -0.25) is 4.31 Å². The van der Waals surface area contributed by atoms with Crippen molar-refractivity contribution in [1.29, 1.82) is 0 Å². The molecule has 140 valence electrons. The zero-order chi connectivity index (χ0) is 19.4. The maximum absolute atomic E-state index is 12.9. The second-order valence-electron chi connectivity index (χ2n) is 6.14. The summed E-state index contributed by atoms with van der Waals surface area (Å²) in [7, 11) is -2.11. The van der Waals surface area contributed by atoms with E-state index in [1.165, 1.54) is 4.31 Å². The van der Waals surface area contributed by atoms with Crippen LogP contribution in [0.1, 0.15) is 5.56 Å². The van der Waals surface area contributed by atoms with Crippen LogP contribution in [-0.2, 0) is 16.4 Å². The van der Waals surface area contributed by atoms with Crippen molar-refractivity contribution < 1.29 is 13.5 Å². The van der Waals surface area contributed by atoms with Crippen molar-refractivity contribution in [1.82, 2.24) is 0 Å². The Kier molecular flexibility index (Phi) is 5.99. The first-order valence-electron chi connectivity index (χ1n) is 8.46. The Hall–Kier alpha value is -2.15. The molecular weight excluding hydrogens is 426 g/mol. The minimum Gasteiger partial charge on any atom is -0.396 e. The molecule has 0 heterocycles. The molecule has 4 nitrogen and oxygen atoms in total. The van der Waals surface area contributed by atoms with Gasteiger partial charge in [0.2, 0.25) is 0 Å². The molecule has 0 aliphatic carbocycles. The first-order valence-corrected chi connectivity index (χ1v) is 10.7. The maximum atomic E-state index is 12.9. The van der Waals surface area contributed by atoms with E-state index >= 15 is 0 Å². The monoisotopic (exact) mass is 445 g/mol. The molecule has 0 atom stereocenters. The van der Waals surface area contributed by atoms with E-state index in [2.05, 4.69) is 15.9 Å². The van der Waals surface area contributed by atoms with Crippen LogP contribution in [0.4, 0.5) is 5.69 Å². The van der Waals surface area contributed by atoms with Gasteiger partial charge in [0, 0.05) is 18.1 Å². The van der Waals surface area contributed by atoms with Gasteiger partial charge in [-0.1, -0.05) is 52.3 Å². The molecule has 0 aliphatic heterocycles. The minimum atomic E-state index is -3.65. The molecule has 0 spiro atoms. The van der Waals surface area contributed by atoms with Crippen molar-refractivity contribution >= 4 is 31.6 Å². The molecule has 0 saturated heterocycles. The zero-order valence-electron chi connectivity index (χ0n) is 14.8. The molecule has 0 unspecified atom stereocenters. The van der Waals surface area contributed by atoms with Gasteiger partial charge in [-0.25, -0.2) is 8.42 Å². The van der Waals surface area contributed by atoms with Gasteiger partial charge in [-0.05, 0) is 59.5 Å². The molecule has 0 aliphatic rings. The number of benzene rings is 3. The van der Waals surface area contributed by atoms with E-state index in [-0.39, 0.29) is 11.5 Å². The molecule has 0 saturated carbocycles. The summed E-state index contributed by atoms with van der Waals surface area (Å²) in [5, 5.41) is 8.99. The molecule has 0 aromatic heterocycles. The first kappa shape index (κ1) is 19.6. The van der Waals surface area contributed by atoms with Crippen LogP contribution in [0.5, 0.6) is 0 Å². The van der Waals surface area contributed by atoms with Crippen LogP contribution in [0.2, 0.25) is 0 Å². The number of hydrogen-bond acceptors (Lipinski definition) is 3. The van der Waals surface area contributed by atoms with Crippen molar-refractivity contribution in [2.24, 2.45) is 0 Å². The van der Waals surface area contributed by atoms with E-state index in [0.717, 1.165) is 21.2 Å². The predicted octanol–water partition coefficient (Wildman–Crippen LogP) is 4.48. The van der Waals surface area contributed by atoms with Gasteiger partial charge in [0.15, 0.2) is 0 Å². The van der Waals surface area contributed by atoms with Crippen molar-refractivity contribution in [3.63, 3.8) is 0 Å². The Labute approximate surface area is 168 Å². The largest absolute Gasteiger partial charge is 0.396 e. The molecule has 0 bridgehead atoms. The van der Waals surface area contributed by atoms with Crippen LogP contribution in [0, 0.1) is 0 Å². The number of anilines is 1. The summed E-state index contributed by atoms with van der Waals surface area (Å²) in [5.74, 6) is 0. The average Bonchev–Trinajstić information content (AvgIpc) is 2.69. The van der Waals surface area contributed by atoms with Gasteiger partial charge in [0.25, 0.3) is 10.0 Å². The highest BCUT2D eigenvalue weighted by Gasteiger charge is 2.21. The van der Waals surface area contributed by atoms with Crippen LogP contribution in [-0.4, -0.2) is 27.2 Å². The lowest BCUT2D eigenvalue weighted by atomic mass is 10.1. The summed E-state index contributed by atoms with van der Waals surface area (Å²) < 4.78 is 28.1. The molecule has 0 amide bonds. The van der Waals surface area contributed by atoms with Crippen LogP contribution in [0.25, 0.3) is 11.1 Å². The fourth-order valence-corrected chi connectivity index (χ4v) is 4.22. The molecule has 6 heteroatoms. The van der Waals surface area contributed by atoms with Crippen molar-refractivity contribution in [2.45, 2.75) is 11.3 Å². The second-order valence-corrected chi connectivity index (χ2v) is 9.03.